The van der Waals surface area contributed by atoms with Gasteiger partial charge in [-0.05, 0) is 55.7 Å². The van der Waals surface area contributed by atoms with Gasteiger partial charge in [-0.15, -0.1) is 10.2 Å². The number of carbonyl (C=O) groups excluding carboxylic acids is 1. The van der Waals surface area contributed by atoms with Crippen LogP contribution < -0.4 is 9.64 Å². The Kier molecular flexibility index (Phi) is 5.47. The Balaban J connectivity index is 1.82. The summed E-state index contributed by atoms with van der Waals surface area (Å²) in [7, 11) is 5.04. The molecule has 0 unspecified atom stereocenters. The molecule has 1 saturated carbocycles. The summed E-state index contributed by atoms with van der Waals surface area (Å²) in [4.78, 5) is 16.1. The van der Waals surface area contributed by atoms with Crippen molar-refractivity contribution >= 4 is 22.5 Å². The summed E-state index contributed by atoms with van der Waals surface area (Å²) < 4.78 is 5.58. The standard InChI is InChI=1S/C24H25N5O2/c1-5-29(17-8-9-17)23-19-11-6-15(12-20(19)26-27-21(23)14-25)18-10-7-16(13-22(18)31-4)24(30)28(2)3/h6-7,10-13,17H,5,8-9H2,1-4H3. The summed E-state index contributed by atoms with van der Waals surface area (Å²) >= 11 is 0. The minimum atomic E-state index is -0.0809. The van der Waals surface area contributed by atoms with Crippen LogP contribution in [0, 0.1) is 11.3 Å². The third-order valence-corrected chi connectivity index (χ3v) is 5.62. The van der Waals surface area contributed by atoms with E-state index in [1.807, 2.05) is 24.3 Å². The predicted octanol–water partition coefficient (Wildman–Crippen LogP) is 3.87. The second-order valence-electron chi connectivity index (χ2n) is 7.87. The number of rotatable bonds is 6. The van der Waals surface area contributed by atoms with Crippen molar-refractivity contribution in [3.05, 3.63) is 47.7 Å². The Labute approximate surface area is 181 Å². The number of fused-ring (bicyclic) bond motifs is 1. The van der Waals surface area contributed by atoms with E-state index in [1.54, 1.807) is 33.3 Å². The number of hydrogen-bond acceptors (Lipinski definition) is 6. The second kappa shape index (κ2) is 8.23. The van der Waals surface area contributed by atoms with Crippen LogP contribution in [0.15, 0.2) is 36.4 Å². The summed E-state index contributed by atoms with van der Waals surface area (Å²) in [5.74, 6) is 0.532. The highest BCUT2D eigenvalue weighted by Crippen LogP contribution is 2.39. The first-order valence-corrected chi connectivity index (χ1v) is 10.4. The van der Waals surface area contributed by atoms with Gasteiger partial charge in [0, 0.05) is 43.2 Å². The fraction of sp³-hybridized carbons (Fsp3) is 0.333. The largest absolute Gasteiger partial charge is 0.496 e. The first kappa shape index (κ1) is 20.6. The molecular weight excluding hydrogens is 390 g/mol. The molecule has 1 aromatic heterocycles. The number of hydrogen-bond donors (Lipinski definition) is 0. The monoisotopic (exact) mass is 415 g/mol. The van der Waals surface area contributed by atoms with Gasteiger partial charge in [-0.1, -0.05) is 6.07 Å². The number of amides is 1. The molecule has 2 aromatic carbocycles. The molecule has 1 aliphatic rings. The molecule has 4 rings (SSSR count). The van der Waals surface area contributed by atoms with Crippen molar-refractivity contribution in [2.24, 2.45) is 0 Å². The molecule has 1 fully saturated rings. The van der Waals surface area contributed by atoms with E-state index in [1.165, 1.54) is 4.90 Å². The molecule has 158 valence electrons. The molecule has 0 N–H and O–H groups in total. The van der Waals surface area contributed by atoms with Crippen LogP contribution >= 0.6 is 0 Å². The lowest BCUT2D eigenvalue weighted by Crippen LogP contribution is -2.26. The van der Waals surface area contributed by atoms with Crippen molar-refractivity contribution in [3.8, 4) is 22.9 Å². The van der Waals surface area contributed by atoms with Gasteiger partial charge in [0.15, 0.2) is 5.69 Å². The minimum Gasteiger partial charge on any atom is -0.496 e. The molecule has 1 amide bonds. The minimum absolute atomic E-state index is 0.0809. The van der Waals surface area contributed by atoms with Gasteiger partial charge in [-0.3, -0.25) is 4.79 Å². The number of anilines is 1. The van der Waals surface area contributed by atoms with Gasteiger partial charge in [-0.25, -0.2) is 0 Å². The third-order valence-electron chi connectivity index (χ3n) is 5.62. The normalized spacial score (nSPS) is 13.0. The lowest BCUT2D eigenvalue weighted by atomic mass is 10.00. The Morgan fingerprint density at radius 1 is 1.19 bits per heavy atom. The highest BCUT2D eigenvalue weighted by molar-refractivity contribution is 5.98. The van der Waals surface area contributed by atoms with E-state index < -0.39 is 0 Å². The van der Waals surface area contributed by atoms with Gasteiger partial charge in [0.25, 0.3) is 5.91 Å². The lowest BCUT2D eigenvalue weighted by molar-refractivity contribution is 0.0827. The zero-order valence-corrected chi connectivity index (χ0v) is 18.2. The van der Waals surface area contributed by atoms with Crippen LogP contribution in [0.25, 0.3) is 22.0 Å². The lowest BCUT2D eigenvalue weighted by Gasteiger charge is -2.24. The first-order chi connectivity index (χ1) is 15.0. The van der Waals surface area contributed by atoms with Gasteiger partial charge in [0.2, 0.25) is 0 Å². The van der Waals surface area contributed by atoms with E-state index in [0.29, 0.717) is 23.0 Å². The molecule has 0 radical (unpaired) electrons. The molecule has 0 spiro atoms. The maximum atomic E-state index is 12.3. The maximum Gasteiger partial charge on any atom is 0.253 e. The topological polar surface area (TPSA) is 82.3 Å². The fourth-order valence-corrected chi connectivity index (χ4v) is 3.93. The van der Waals surface area contributed by atoms with Crippen LogP contribution in [0.5, 0.6) is 5.75 Å². The third kappa shape index (κ3) is 3.77. The Morgan fingerprint density at radius 3 is 2.58 bits per heavy atom. The van der Waals surface area contributed by atoms with E-state index in [9.17, 15) is 10.1 Å². The number of nitriles is 1. The molecule has 1 aliphatic carbocycles. The smallest absolute Gasteiger partial charge is 0.253 e. The molecule has 31 heavy (non-hydrogen) atoms. The van der Waals surface area contributed by atoms with Crippen LogP contribution in [0.3, 0.4) is 0 Å². The Morgan fingerprint density at radius 2 is 1.97 bits per heavy atom. The summed E-state index contributed by atoms with van der Waals surface area (Å²) in [6.07, 6.45) is 2.27. The number of carbonyl (C=O) groups is 1. The van der Waals surface area contributed by atoms with Crippen LogP contribution in [0.1, 0.15) is 35.8 Å². The highest BCUT2D eigenvalue weighted by Gasteiger charge is 2.31. The van der Waals surface area contributed by atoms with Crippen LogP contribution in [0.4, 0.5) is 5.69 Å². The maximum absolute atomic E-state index is 12.3. The Hall–Kier alpha value is -3.66. The van der Waals surface area contributed by atoms with E-state index in [2.05, 4.69) is 28.1 Å². The van der Waals surface area contributed by atoms with Crippen LogP contribution in [-0.2, 0) is 0 Å². The molecule has 0 atom stereocenters. The average Bonchev–Trinajstić information content (AvgIpc) is 3.63. The van der Waals surface area contributed by atoms with E-state index in [-0.39, 0.29) is 5.91 Å². The predicted molar refractivity (Wildman–Crippen MR) is 120 cm³/mol. The van der Waals surface area contributed by atoms with Crippen LogP contribution in [-0.4, -0.2) is 54.8 Å². The SMILES string of the molecule is CCN(c1c(C#N)nnc2cc(-c3ccc(C(=O)N(C)C)cc3OC)ccc12)C1CC1. The van der Waals surface area contributed by atoms with Crippen molar-refractivity contribution < 1.29 is 9.53 Å². The van der Waals surface area contributed by atoms with Gasteiger partial charge in [0.05, 0.1) is 18.3 Å². The van der Waals surface area contributed by atoms with Crippen LogP contribution in [0.2, 0.25) is 0 Å². The zero-order chi connectivity index (χ0) is 22.1. The number of nitrogens with zero attached hydrogens (tertiary/aromatic N) is 5. The average molecular weight is 415 g/mol. The molecule has 0 aliphatic heterocycles. The summed E-state index contributed by atoms with van der Waals surface area (Å²) in [5, 5.41) is 19.1. The molecule has 7 nitrogen and oxygen atoms in total. The van der Waals surface area contributed by atoms with Gasteiger partial charge < -0.3 is 14.5 Å². The zero-order valence-electron chi connectivity index (χ0n) is 18.2. The summed E-state index contributed by atoms with van der Waals surface area (Å²) in [5.41, 5.74) is 4.28. The molecule has 0 bridgehead atoms. The highest BCUT2D eigenvalue weighted by atomic mass is 16.5. The first-order valence-electron chi connectivity index (χ1n) is 10.4. The Bertz CT molecular complexity index is 1190. The van der Waals surface area contributed by atoms with Crippen molar-refractivity contribution in [3.63, 3.8) is 0 Å². The second-order valence-corrected chi connectivity index (χ2v) is 7.87. The molecule has 1 heterocycles. The van der Waals surface area contributed by atoms with Crippen molar-refractivity contribution in [2.75, 3.05) is 32.6 Å². The molecule has 0 saturated heterocycles. The van der Waals surface area contributed by atoms with E-state index in [4.69, 9.17) is 4.74 Å². The molecule has 3 aromatic rings. The number of aromatic nitrogens is 2. The number of methoxy groups -OCH3 is 1. The van der Waals surface area contributed by atoms with E-state index in [0.717, 1.165) is 47.1 Å². The van der Waals surface area contributed by atoms with Crippen molar-refractivity contribution in [1.29, 1.82) is 5.26 Å². The van der Waals surface area contributed by atoms with Gasteiger partial charge in [-0.2, -0.15) is 5.26 Å². The number of ether oxygens (including phenoxy) is 1. The quantitative estimate of drug-likeness (QED) is 0.608. The van der Waals surface area contributed by atoms with Crippen molar-refractivity contribution in [1.82, 2.24) is 15.1 Å². The molecule has 7 heteroatoms. The van der Waals surface area contributed by atoms with Gasteiger partial charge in [0.1, 0.15) is 11.8 Å². The molecular formula is C24H25N5O2. The summed E-state index contributed by atoms with van der Waals surface area (Å²) in [6.45, 7) is 2.92. The number of benzene rings is 2. The van der Waals surface area contributed by atoms with Crippen molar-refractivity contribution in [2.45, 2.75) is 25.8 Å². The summed E-state index contributed by atoms with van der Waals surface area (Å²) in [6, 6.07) is 14.1. The van der Waals surface area contributed by atoms with Gasteiger partial charge >= 0.3 is 0 Å². The fourth-order valence-electron chi connectivity index (χ4n) is 3.93. The van der Waals surface area contributed by atoms with E-state index >= 15 is 0 Å².